The van der Waals surface area contributed by atoms with Crippen molar-refractivity contribution in [2.75, 3.05) is 0 Å². The maximum atomic E-state index is 11.2. The number of hydrogen-bond donors (Lipinski definition) is 2. The maximum absolute atomic E-state index is 11.2. The van der Waals surface area contributed by atoms with E-state index in [1.165, 1.54) is 0 Å². The lowest BCUT2D eigenvalue weighted by molar-refractivity contribution is -0.123. The molecule has 2 rings (SSSR count). The lowest BCUT2D eigenvalue weighted by Crippen LogP contribution is -2.50. The molecule has 110 valence electrons. The average Bonchev–Trinajstić information content (AvgIpc) is 2.47. The van der Waals surface area contributed by atoms with Gasteiger partial charge in [-0.25, -0.2) is 9.97 Å². The van der Waals surface area contributed by atoms with Gasteiger partial charge in [0.25, 0.3) is 0 Å². The number of amides is 1. The van der Waals surface area contributed by atoms with Crippen LogP contribution in [-0.2, 0) is 11.3 Å². The summed E-state index contributed by atoms with van der Waals surface area (Å²) in [5.41, 5.74) is 5.59. The fourth-order valence-electron chi connectivity index (χ4n) is 1.53. The van der Waals surface area contributed by atoms with Crippen molar-refractivity contribution in [2.24, 2.45) is 5.73 Å². The molecule has 2 aromatic rings. The smallest absolute Gasteiger partial charge is 0.321 e. The molecule has 0 spiro atoms. The summed E-state index contributed by atoms with van der Waals surface area (Å²) in [5, 5.41) is 3.10. The number of aromatic nitrogens is 2. The van der Waals surface area contributed by atoms with E-state index >= 15 is 0 Å². The number of nitrogens with two attached hydrogens (primary N) is 1. The molecule has 6 heteroatoms. The molecule has 1 heterocycles. The van der Waals surface area contributed by atoms with Crippen LogP contribution in [0.4, 0.5) is 0 Å². The summed E-state index contributed by atoms with van der Waals surface area (Å²) in [6.45, 7) is 4.04. The van der Waals surface area contributed by atoms with Crippen LogP contribution >= 0.6 is 0 Å². The van der Waals surface area contributed by atoms with Crippen LogP contribution in [-0.4, -0.2) is 21.4 Å². The van der Waals surface area contributed by atoms with Crippen LogP contribution < -0.4 is 15.8 Å². The lowest BCUT2D eigenvalue weighted by atomic mass is 10.0. The van der Waals surface area contributed by atoms with Gasteiger partial charge in [-0.15, -0.1) is 0 Å². The first-order valence-electron chi connectivity index (χ1n) is 6.56. The summed E-state index contributed by atoms with van der Waals surface area (Å²) < 4.78 is 5.50. The van der Waals surface area contributed by atoms with Crippen LogP contribution in [0, 0.1) is 0 Å². The Balaban J connectivity index is 1.95. The first-order valence-corrected chi connectivity index (χ1v) is 6.56. The first kappa shape index (κ1) is 14.9. The number of nitrogens with one attached hydrogen (secondary N) is 1. The fourth-order valence-corrected chi connectivity index (χ4v) is 1.53. The van der Waals surface area contributed by atoms with E-state index in [0.29, 0.717) is 18.3 Å². The van der Waals surface area contributed by atoms with Gasteiger partial charge in [-0.05, 0) is 37.6 Å². The molecule has 1 aromatic carbocycles. The summed E-state index contributed by atoms with van der Waals surface area (Å²) in [4.78, 5) is 19.2. The highest BCUT2D eigenvalue weighted by Crippen LogP contribution is 2.17. The number of ether oxygens (including phenoxy) is 1. The number of hydrogen-bond acceptors (Lipinski definition) is 5. The Hall–Kier alpha value is -2.47. The Morgan fingerprint density at radius 1 is 1.24 bits per heavy atom. The van der Waals surface area contributed by atoms with E-state index in [-0.39, 0.29) is 5.91 Å². The normalized spacial score (nSPS) is 11.1. The predicted molar refractivity (Wildman–Crippen MR) is 78.7 cm³/mol. The second-order valence-corrected chi connectivity index (χ2v) is 5.12. The summed E-state index contributed by atoms with van der Waals surface area (Å²) >= 11 is 0. The minimum atomic E-state index is -0.743. The van der Waals surface area contributed by atoms with Crippen LogP contribution in [0.1, 0.15) is 19.4 Å². The molecule has 0 atom stereocenters. The second-order valence-electron chi connectivity index (χ2n) is 5.12. The maximum Gasteiger partial charge on any atom is 0.321 e. The van der Waals surface area contributed by atoms with Gasteiger partial charge in [-0.2, -0.15) is 0 Å². The average molecular weight is 286 g/mol. The third kappa shape index (κ3) is 4.25. The van der Waals surface area contributed by atoms with Gasteiger partial charge in [0.15, 0.2) is 0 Å². The van der Waals surface area contributed by atoms with Crippen LogP contribution in [0.5, 0.6) is 11.8 Å². The van der Waals surface area contributed by atoms with E-state index < -0.39 is 5.54 Å². The quantitative estimate of drug-likeness (QED) is 0.842. The molecular formula is C15H18N4O2. The Morgan fingerprint density at radius 3 is 2.43 bits per heavy atom. The summed E-state index contributed by atoms with van der Waals surface area (Å²) in [6, 6.07) is 9.49. The third-order valence-electron chi connectivity index (χ3n) is 3.03. The number of benzene rings is 1. The Kier molecular flexibility index (Phi) is 4.49. The van der Waals surface area contributed by atoms with Crippen LogP contribution in [0.15, 0.2) is 42.7 Å². The number of nitrogens with zero attached hydrogens (tertiary/aromatic N) is 2. The SMILES string of the molecule is CC(C)(NCc1ccc(Oc2ncccn2)cc1)C(N)=O. The van der Waals surface area contributed by atoms with E-state index in [0.717, 1.165) is 5.56 Å². The zero-order chi connectivity index (χ0) is 15.3. The molecule has 0 saturated carbocycles. The predicted octanol–water partition coefficient (Wildman–Crippen LogP) is 1.62. The van der Waals surface area contributed by atoms with Gasteiger partial charge in [-0.3, -0.25) is 10.1 Å². The monoisotopic (exact) mass is 286 g/mol. The highest BCUT2D eigenvalue weighted by molar-refractivity contribution is 5.83. The number of carbonyl (C=O) groups excluding carboxylic acids is 1. The van der Waals surface area contributed by atoms with Gasteiger partial charge in [0, 0.05) is 18.9 Å². The molecule has 1 amide bonds. The van der Waals surface area contributed by atoms with Gasteiger partial charge < -0.3 is 10.5 Å². The largest absolute Gasteiger partial charge is 0.424 e. The summed E-state index contributed by atoms with van der Waals surface area (Å²) in [7, 11) is 0. The number of rotatable bonds is 6. The Morgan fingerprint density at radius 2 is 1.86 bits per heavy atom. The molecule has 6 nitrogen and oxygen atoms in total. The van der Waals surface area contributed by atoms with Crippen molar-refractivity contribution in [2.45, 2.75) is 25.9 Å². The third-order valence-corrected chi connectivity index (χ3v) is 3.03. The summed E-state index contributed by atoms with van der Waals surface area (Å²) in [5.74, 6) is 0.266. The van der Waals surface area contributed by atoms with Crippen LogP contribution in [0.3, 0.4) is 0 Å². The molecule has 21 heavy (non-hydrogen) atoms. The molecule has 0 saturated heterocycles. The standard InChI is InChI=1S/C15H18N4O2/c1-15(2,13(16)20)19-10-11-4-6-12(7-5-11)21-14-17-8-3-9-18-14/h3-9,19H,10H2,1-2H3,(H2,16,20). The molecule has 1 aromatic heterocycles. The van der Waals surface area contributed by atoms with E-state index in [4.69, 9.17) is 10.5 Å². The van der Waals surface area contributed by atoms with Crippen LogP contribution in [0.25, 0.3) is 0 Å². The van der Waals surface area contributed by atoms with E-state index in [9.17, 15) is 4.79 Å². The molecule has 0 fully saturated rings. The highest BCUT2D eigenvalue weighted by atomic mass is 16.5. The van der Waals surface area contributed by atoms with Gasteiger partial charge in [0.05, 0.1) is 5.54 Å². The molecule has 0 bridgehead atoms. The van der Waals surface area contributed by atoms with Crippen molar-refractivity contribution in [3.63, 3.8) is 0 Å². The van der Waals surface area contributed by atoms with Crippen LogP contribution in [0.2, 0.25) is 0 Å². The van der Waals surface area contributed by atoms with Crippen molar-refractivity contribution in [3.8, 4) is 11.8 Å². The molecule has 0 aliphatic heterocycles. The molecule has 0 aliphatic carbocycles. The van der Waals surface area contributed by atoms with Gasteiger partial charge in [-0.1, -0.05) is 12.1 Å². The van der Waals surface area contributed by atoms with E-state index in [1.54, 1.807) is 32.3 Å². The Bertz CT molecular complexity index is 597. The van der Waals surface area contributed by atoms with Crippen molar-refractivity contribution >= 4 is 5.91 Å². The van der Waals surface area contributed by atoms with Crippen molar-refractivity contribution < 1.29 is 9.53 Å². The molecule has 0 radical (unpaired) electrons. The zero-order valence-electron chi connectivity index (χ0n) is 12.0. The minimum absolute atomic E-state index is 0.304. The molecular weight excluding hydrogens is 268 g/mol. The summed E-state index contributed by atoms with van der Waals surface area (Å²) in [6.07, 6.45) is 3.24. The van der Waals surface area contributed by atoms with Crippen molar-refractivity contribution in [1.82, 2.24) is 15.3 Å². The zero-order valence-corrected chi connectivity index (χ0v) is 12.0. The second kappa shape index (κ2) is 6.32. The topological polar surface area (TPSA) is 90.1 Å². The van der Waals surface area contributed by atoms with E-state index in [2.05, 4.69) is 15.3 Å². The fraction of sp³-hybridized carbons (Fsp3) is 0.267. The minimum Gasteiger partial charge on any atom is -0.424 e. The molecule has 0 unspecified atom stereocenters. The van der Waals surface area contributed by atoms with Gasteiger partial charge in [0.1, 0.15) is 5.75 Å². The molecule has 0 aliphatic rings. The number of primary amides is 1. The lowest BCUT2D eigenvalue weighted by Gasteiger charge is -2.22. The van der Waals surface area contributed by atoms with E-state index in [1.807, 2.05) is 24.3 Å². The van der Waals surface area contributed by atoms with Gasteiger partial charge >= 0.3 is 6.01 Å². The number of carbonyl (C=O) groups is 1. The Labute approximate surface area is 123 Å². The molecule has 3 N–H and O–H groups in total. The van der Waals surface area contributed by atoms with Crippen molar-refractivity contribution in [3.05, 3.63) is 48.3 Å². The van der Waals surface area contributed by atoms with Gasteiger partial charge in [0.2, 0.25) is 5.91 Å². The highest BCUT2D eigenvalue weighted by Gasteiger charge is 2.23. The first-order chi connectivity index (χ1) is 9.97. The van der Waals surface area contributed by atoms with Crippen molar-refractivity contribution in [1.29, 1.82) is 0 Å².